The number of pyridine rings is 1. The minimum Gasteiger partial charge on any atom is -0.351 e. The predicted octanol–water partition coefficient (Wildman–Crippen LogP) is 1.32. The number of hydrogen-bond acceptors (Lipinski definition) is 4. The Hall–Kier alpha value is -2.73. The maximum atomic E-state index is 12.1. The third kappa shape index (κ3) is 3.37. The number of nitrogens with one attached hydrogen (secondary N) is 1. The summed E-state index contributed by atoms with van der Waals surface area (Å²) in [6.45, 7) is 2.93. The van der Waals surface area contributed by atoms with Gasteiger partial charge in [0.25, 0.3) is 5.91 Å². The van der Waals surface area contributed by atoms with Crippen molar-refractivity contribution in [2.75, 3.05) is 13.1 Å². The van der Waals surface area contributed by atoms with Gasteiger partial charge < -0.3 is 11.1 Å². The van der Waals surface area contributed by atoms with Gasteiger partial charge in [-0.05, 0) is 24.6 Å². The normalized spacial score (nSPS) is 10.9. The minimum atomic E-state index is -0.146. The molecular formula is C17H19N5O. The van der Waals surface area contributed by atoms with E-state index in [-0.39, 0.29) is 5.91 Å². The van der Waals surface area contributed by atoms with Crippen LogP contribution in [0.5, 0.6) is 0 Å². The standard InChI is InChI=1S/C17H19N5O/c1-12-2-4-13(5-3-12)10-16-21-20-15-7-6-14(11-22(15)16)17(23)19-9-8-18/h2-7,11H,8-10,18H2,1H3,(H,19,23). The van der Waals surface area contributed by atoms with Crippen molar-refractivity contribution in [2.45, 2.75) is 13.3 Å². The van der Waals surface area contributed by atoms with Gasteiger partial charge >= 0.3 is 0 Å². The van der Waals surface area contributed by atoms with E-state index in [2.05, 4.69) is 46.7 Å². The van der Waals surface area contributed by atoms with Crippen molar-refractivity contribution in [2.24, 2.45) is 5.73 Å². The molecule has 6 heteroatoms. The Morgan fingerprint density at radius 2 is 1.96 bits per heavy atom. The third-order valence-corrected chi connectivity index (χ3v) is 3.65. The molecule has 3 aromatic rings. The number of carbonyl (C=O) groups is 1. The Kier molecular flexibility index (Phi) is 4.34. The Morgan fingerprint density at radius 3 is 2.70 bits per heavy atom. The Balaban J connectivity index is 1.89. The first-order valence-corrected chi connectivity index (χ1v) is 7.55. The van der Waals surface area contributed by atoms with Crippen LogP contribution in [0.4, 0.5) is 0 Å². The van der Waals surface area contributed by atoms with E-state index in [1.807, 2.05) is 4.40 Å². The molecule has 6 nitrogen and oxygen atoms in total. The van der Waals surface area contributed by atoms with Gasteiger partial charge in [0.1, 0.15) is 5.82 Å². The third-order valence-electron chi connectivity index (χ3n) is 3.65. The summed E-state index contributed by atoms with van der Waals surface area (Å²) in [4.78, 5) is 12.1. The molecule has 1 amide bonds. The number of amides is 1. The zero-order chi connectivity index (χ0) is 16.2. The molecule has 2 heterocycles. The molecule has 1 aromatic carbocycles. The Morgan fingerprint density at radius 1 is 1.17 bits per heavy atom. The van der Waals surface area contributed by atoms with Crippen molar-refractivity contribution < 1.29 is 4.79 Å². The average molecular weight is 309 g/mol. The Labute approximate surface area is 134 Å². The summed E-state index contributed by atoms with van der Waals surface area (Å²) in [6, 6.07) is 11.8. The number of fused-ring (bicyclic) bond motifs is 1. The van der Waals surface area contributed by atoms with Crippen LogP contribution in [0, 0.1) is 6.92 Å². The van der Waals surface area contributed by atoms with E-state index in [1.54, 1.807) is 18.3 Å². The van der Waals surface area contributed by atoms with E-state index in [0.29, 0.717) is 25.1 Å². The molecule has 0 spiro atoms. The first kappa shape index (κ1) is 15.2. The topological polar surface area (TPSA) is 85.3 Å². The maximum Gasteiger partial charge on any atom is 0.252 e. The van der Waals surface area contributed by atoms with Crippen LogP contribution >= 0.6 is 0 Å². The fourth-order valence-corrected chi connectivity index (χ4v) is 2.37. The van der Waals surface area contributed by atoms with E-state index in [9.17, 15) is 4.79 Å². The van der Waals surface area contributed by atoms with Crippen molar-refractivity contribution in [3.05, 3.63) is 65.1 Å². The molecule has 2 aromatic heterocycles. The SMILES string of the molecule is Cc1ccc(Cc2nnc3ccc(C(=O)NCCN)cn23)cc1. The highest BCUT2D eigenvalue weighted by molar-refractivity contribution is 5.94. The number of carbonyl (C=O) groups excluding carboxylic acids is 1. The van der Waals surface area contributed by atoms with Crippen molar-refractivity contribution >= 4 is 11.6 Å². The molecule has 3 rings (SSSR count). The maximum absolute atomic E-state index is 12.1. The molecule has 0 bridgehead atoms. The fourth-order valence-electron chi connectivity index (χ4n) is 2.37. The molecule has 0 atom stereocenters. The minimum absolute atomic E-state index is 0.146. The second kappa shape index (κ2) is 6.58. The van der Waals surface area contributed by atoms with Crippen molar-refractivity contribution in [1.82, 2.24) is 19.9 Å². The quantitative estimate of drug-likeness (QED) is 0.744. The van der Waals surface area contributed by atoms with E-state index in [0.717, 1.165) is 17.0 Å². The van der Waals surface area contributed by atoms with Crippen LogP contribution in [-0.2, 0) is 6.42 Å². The second-order valence-corrected chi connectivity index (χ2v) is 5.47. The van der Waals surface area contributed by atoms with Crippen LogP contribution in [0.25, 0.3) is 5.65 Å². The number of rotatable bonds is 5. The van der Waals surface area contributed by atoms with E-state index >= 15 is 0 Å². The summed E-state index contributed by atoms with van der Waals surface area (Å²) < 4.78 is 1.86. The lowest BCUT2D eigenvalue weighted by Crippen LogP contribution is -2.29. The van der Waals surface area contributed by atoms with Crippen molar-refractivity contribution in [1.29, 1.82) is 0 Å². The molecular weight excluding hydrogens is 290 g/mol. The number of aryl methyl sites for hydroxylation is 1. The summed E-state index contributed by atoms with van der Waals surface area (Å²) in [7, 11) is 0. The predicted molar refractivity (Wildman–Crippen MR) is 88.4 cm³/mol. The van der Waals surface area contributed by atoms with Crippen molar-refractivity contribution in [3.63, 3.8) is 0 Å². The summed E-state index contributed by atoms with van der Waals surface area (Å²) in [5.74, 6) is 0.657. The van der Waals surface area contributed by atoms with Gasteiger partial charge in [0.15, 0.2) is 5.65 Å². The lowest BCUT2D eigenvalue weighted by Gasteiger charge is -2.05. The number of aromatic nitrogens is 3. The van der Waals surface area contributed by atoms with Gasteiger partial charge in [-0.3, -0.25) is 9.20 Å². The van der Waals surface area contributed by atoms with Crippen LogP contribution < -0.4 is 11.1 Å². The molecule has 0 aliphatic carbocycles. The van der Waals surface area contributed by atoms with Gasteiger partial charge in [-0.25, -0.2) is 0 Å². The summed E-state index contributed by atoms with van der Waals surface area (Å²) in [5, 5.41) is 11.2. The van der Waals surface area contributed by atoms with E-state index in [4.69, 9.17) is 5.73 Å². The first-order valence-electron chi connectivity index (χ1n) is 7.55. The molecule has 23 heavy (non-hydrogen) atoms. The molecule has 0 radical (unpaired) electrons. The molecule has 0 aliphatic heterocycles. The van der Waals surface area contributed by atoms with Gasteiger partial charge in [-0.1, -0.05) is 29.8 Å². The molecule has 0 fully saturated rings. The van der Waals surface area contributed by atoms with Gasteiger partial charge in [-0.2, -0.15) is 0 Å². The van der Waals surface area contributed by atoms with E-state index in [1.165, 1.54) is 5.56 Å². The lowest BCUT2D eigenvalue weighted by molar-refractivity contribution is 0.0954. The fraction of sp³-hybridized carbons (Fsp3) is 0.235. The van der Waals surface area contributed by atoms with Gasteiger partial charge in [0, 0.05) is 25.7 Å². The van der Waals surface area contributed by atoms with Crippen LogP contribution in [0.3, 0.4) is 0 Å². The van der Waals surface area contributed by atoms with Crippen LogP contribution in [0.1, 0.15) is 27.3 Å². The summed E-state index contributed by atoms with van der Waals surface area (Å²) in [5.41, 5.74) is 9.08. The summed E-state index contributed by atoms with van der Waals surface area (Å²) >= 11 is 0. The smallest absolute Gasteiger partial charge is 0.252 e. The zero-order valence-corrected chi connectivity index (χ0v) is 13.0. The molecule has 3 N–H and O–H groups in total. The molecule has 0 unspecified atom stereocenters. The average Bonchev–Trinajstić information content (AvgIpc) is 2.97. The van der Waals surface area contributed by atoms with Crippen molar-refractivity contribution in [3.8, 4) is 0 Å². The molecule has 0 saturated heterocycles. The number of nitrogens with two attached hydrogens (primary N) is 1. The monoisotopic (exact) mass is 309 g/mol. The van der Waals surface area contributed by atoms with Crippen LogP contribution in [-0.4, -0.2) is 33.6 Å². The van der Waals surface area contributed by atoms with E-state index < -0.39 is 0 Å². The Bertz CT molecular complexity index is 823. The van der Waals surface area contributed by atoms with Gasteiger partial charge in [-0.15, -0.1) is 10.2 Å². The second-order valence-electron chi connectivity index (χ2n) is 5.47. The molecule has 0 aliphatic rings. The summed E-state index contributed by atoms with van der Waals surface area (Å²) in [6.07, 6.45) is 2.43. The number of benzene rings is 1. The van der Waals surface area contributed by atoms with Gasteiger partial charge in [0.05, 0.1) is 5.56 Å². The zero-order valence-electron chi connectivity index (χ0n) is 13.0. The highest BCUT2D eigenvalue weighted by atomic mass is 16.1. The highest BCUT2D eigenvalue weighted by Crippen LogP contribution is 2.12. The van der Waals surface area contributed by atoms with Crippen LogP contribution in [0.2, 0.25) is 0 Å². The molecule has 118 valence electrons. The lowest BCUT2D eigenvalue weighted by atomic mass is 10.1. The first-order chi connectivity index (χ1) is 11.2. The largest absolute Gasteiger partial charge is 0.351 e. The van der Waals surface area contributed by atoms with Crippen LogP contribution in [0.15, 0.2) is 42.6 Å². The number of hydrogen-bond donors (Lipinski definition) is 2. The molecule has 0 saturated carbocycles. The highest BCUT2D eigenvalue weighted by Gasteiger charge is 2.10. The number of nitrogens with zero attached hydrogens (tertiary/aromatic N) is 3. The van der Waals surface area contributed by atoms with Gasteiger partial charge in [0.2, 0.25) is 0 Å².